The van der Waals surface area contributed by atoms with Gasteiger partial charge in [0, 0.05) is 25.1 Å². The van der Waals surface area contributed by atoms with Gasteiger partial charge in [-0.25, -0.2) is 12.8 Å². The van der Waals surface area contributed by atoms with Crippen LogP contribution in [0.5, 0.6) is 0 Å². The first kappa shape index (κ1) is 33.4. The standard InChI is InChI=1S/C36H40FN3O4S/c1-26(2)23-38-36(42)34(22-29-13-6-5-7-14-29)39(24-30-15-9-10-16-32(30)37)35(41)25-40(33-17-11-8-12-28(33)4)45(43,44)31-20-18-27(3)19-21-31/h5-21,26,34H,22-25H2,1-4H3,(H,38,42). The maximum absolute atomic E-state index is 15.0. The molecule has 9 heteroatoms. The predicted octanol–water partition coefficient (Wildman–Crippen LogP) is 6.05. The molecule has 0 aliphatic heterocycles. The second-order valence-electron chi connectivity index (χ2n) is 11.6. The highest BCUT2D eigenvalue weighted by atomic mass is 32.2. The van der Waals surface area contributed by atoms with Gasteiger partial charge in [0.1, 0.15) is 18.4 Å². The van der Waals surface area contributed by atoms with Crippen LogP contribution >= 0.6 is 0 Å². The number of carbonyl (C=O) groups excluding carboxylic acids is 2. The minimum absolute atomic E-state index is 0.0281. The van der Waals surface area contributed by atoms with Crippen LogP contribution in [-0.2, 0) is 32.6 Å². The van der Waals surface area contributed by atoms with Crippen molar-refractivity contribution in [2.75, 3.05) is 17.4 Å². The van der Waals surface area contributed by atoms with Crippen LogP contribution in [0.15, 0.2) is 108 Å². The number of anilines is 1. The summed E-state index contributed by atoms with van der Waals surface area (Å²) in [6, 6.07) is 27.6. The summed E-state index contributed by atoms with van der Waals surface area (Å²) in [5, 5.41) is 2.94. The topological polar surface area (TPSA) is 86.8 Å². The van der Waals surface area contributed by atoms with Crippen molar-refractivity contribution in [1.29, 1.82) is 0 Å². The van der Waals surface area contributed by atoms with Crippen molar-refractivity contribution >= 4 is 27.5 Å². The highest BCUT2D eigenvalue weighted by molar-refractivity contribution is 7.92. The SMILES string of the molecule is Cc1ccc(S(=O)(=O)N(CC(=O)N(Cc2ccccc2F)C(Cc2ccccc2)C(=O)NCC(C)C)c2ccccc2C)cc1. The van der Waals surface area contributed by atoms with Crippen LogP contribution in [0.4, 0.5) is 10.1 Å². The molecule has 7 nitrogen and oxygen atoms in total. The first-order valence-electron chi connectivity index (χ1n) is 15.0. The lowest BCUT2D eigenvalue weighted by Gasteiger charge is -2.34. The Bertz CT molecular complexity index is 1710. The lowest BCUT2D eigenvalue weighted by Crippen LogP contribution is -2.54. The molecule has 4 aromatic rings. The third-order valence-corrected chi connectivity index (χ3v) is 9.30. The van der Waals surface area contributed by atoms with E-state index in [0.29, 0.717) is 17.8 Å². The Labute approximate surface area is 265 Å². The Hall–Kier alpha value is -4.50. The van der Waals surface area contributed by atoms with Gasteiger partial charge < -0.3 is 10.2 Å². The average Bonchev–Trinajstić information content (AvgIpc) is 3.02. The number of carbonyl (C=O) groups is 2. The monoisotopic (exact) mass is 629 g/mol. The molecule has 2 amide bonds. The van der Waals surface area contributed by atoms with Gasteiger partial charge in [0.25, 0.3) is 10.0 Å². The number of benzene rings is 4. The van der Waals surface area contributed by atoms with Crippen molar-refractivity contribution in [2.24, 2.45) is 5.92 Å². The molecule has 0 aromatic heterocycles. The fourth-order valence-electron chi connectivity index (χ4n) is 4.98. The van der Waals surface area contributed by atoms with Gasteiger partial charge in [-0.1, -0.05) is 98.3 Å². The first-order valence-corrected chi connectivity index (χ1v) is 16.4. The van der Waals surface area contributed by atoms with Gasteiger partial charge in [0.2, 0.25) is 11.8 Å². The lowest BCUT2D eigenvalue weighted by atomic mass is 10.0. The van der Waals surface area contributed by atoms with Gasteiger partial charge in [-0.3, -0.25) is 13.9 Å². The molecule has 236 valence electrons. The molecule has 0 aliphatic carbocycles. The molecule has 1 atom stereocenters. The Morgan fingerprint density at radius 3 is 2.09 bits per heavy atom. The van der Waals surface area contributed by atoms with Crippen LogP contribution < -0.4 is 9.62 Å². The molecule has 0 bridgehead atoms. The zero-order chi connectivity index (χ0) is 32.6. The second kappa shape index (κ2) is 15.0. The number of amides is 2. The number of rotatable bonds is 13. The highest BCUT2D eigenvalue weighted by Gasteiger charge is 2.35. The van der Waals surface area contributed by atoms with Crippen LogP contribution in [0.2, 0.25) is 0 Å². The summed E-state index contributed by atoms with van der Waals surface area (Å²) in [4.78, 5) is 29.6. The van der Waals surface area contributed by atoms with Crippen LogP contribution in [0.1, 0.15) is 36.1 Å². The van der Waals surface area contributed by atoms with E-state index in [0.717, 1.165) is 15.4 Å². The summed E-state index contributed by atoms with van der Waals surface area (Å²) in [7, 11) is -4.22. The Balaban J connectivity index is 1.81. The quantitative estimate of drug-likeness (QED) is 0.195. The van der Waals surface area contributed by atoms with Crippen LogP contribution in [0, 0.1) is 25.6 Å². The molecule has 0 aliphatic rings. The van der Waals surface area contributed by atoms with Gasteiger partial charge in [0.05, 0.1) is 10.6 Å². The molecule has 0 saturated heterocycles. The summed E-state index contributed by atoms with van der Waals surface area (Å²) in [5.41, 5.74) is 2.89. The maximum Gasteiger partial charge on any atom is 0.264 e. The van der Waals surface area contributed by atoms with Crippen molar-refractivity contribution in [2.45, 2.75) is 51.6 Å². The van der Waals surface area contributed by atoms with Crippen molar-refractivity contribution in [1.82, 2.24) is 10.2 Å². The maximum atomic E-state index is 15.0. The summed E-state index contributed by atoms with van der Waals surface area (Å²) in [6.07, 6.45) is 0.153. The third-order valence-electron chi connectivity index (χ3n) is 7.53. The van der Waals surface area contributed by atoms with Crippen LogP contribution in [0.3, 0.4) is 0 Å². The van der Waals surface area contributed by atoms with Gasteiger partial charge in [-0.2, -0.15) is 0 Å². The second-order valence-corrected chi connectivity index (χ2v) is 13.4. The summed E-state index contributed by atoms with van der Waals surface area (Å²) < 4.78 is 44.4. The van der Waals surface area contributed by atoms with E-state index < -0.39 is 40.2 Å². The molecular formula is C36H40FN3O4S. The zero-order valence-corrected chi connectivity index (χ0v) is 26.9. The number of para-hydroxylation sites is 1. The van der Waals surface area contributed by atoms with Crippen molar-refractivity contribution in [3.8, 4) is 0 Å². The molecule has 0 heterocycles. The van der Waals surface area contributed by atoms with Gasteiger partial charge >= 0.3 is 0 Å². The van der Waals surface area contributed by atoms with Crippen LogP contribution in [0.25, 0.3) is 0 Å². The lowest BCUT2D eigenvalue weighted by molar-refractivity contribution is -0.140. The number of halogens is 1. The van der Waals surface area contributed by atoms with Crippen molar-refractivity contribution in [3.63, 3.8) is 0 Å². The fraction of sp³-hybridized carbons (Fsp3) is 0.278. The molecule has 4 aromatic carbocycles. The van der Waals surface area contributed by atoms with E-state index in [-0.39, 0.29) is 29.3 Å². The average molecular weight is 630 g/mol. The minimum Gasteiger partial charge on any atom is -0.354 e. The van der Waals surface area contributed by atoms with Gasteiger partial charge in [0.15, 0.2) is 0 Å². The van der Waals surface area contributed by atoms with E-state index in [1.165, 1.54) is 23.1 Å². The predicted molar refractivity (Wildman–Crippen MR) is 176 cm³/mol. The number of hydrogen-bond acceptors (Lipinski definition) is 4. The molecule has 45 heavy (non-hydrogen) atoms. The molecule has 0 fully saturated rings. The highest BCUT2D eigenvalue weighted by Crippen LogP contribution is 2.28. The van der Waals surface area contributed by atoms with E-state index in [2.05, 4.69) is 5.32 Å². The van der Waals surface area contributed by atoms with E-state index in [4.69, 9.17) is 0 Å². The largest absolute Gasteiger partial charge is 0.354 e. The first-order chi connectivity index (χ1) is 21.5. The molecule has 0 saturated carbocycles. The fourth-order valence-corrected chi connectivity index (χ4v) is 6.46. The Morgan fingerprint density at radius 1 is 0.822 bits per heavy atom. The molecule has 4 rings (SSSR count). The molecular weight excluding hydrogens is 589 g/mol. The smallest absolute Gasteiger partial charge is 0.264 e. The third kappa shape index (κ3) is 8.57. The van der Waals surface area contributed by atoms with Crippen molar-refractivity contribution < 1.29 is 22.4 Å². The molecule has 0 spiro atoms. The van der Waals surface area contributed by atoms with Gasteiger partial charge in [-0.05, 0) is 55.2 Å². The molecule has 0 radical (unpaired) electrons. The summed E-state index contributed by atoms with van der Waals surface area (Å²) in [5.74, 6) is -1.42. The van der Waals surface area contributed by atoms with E-state index in [9.17, 15) is 18.0 Å². The number of nitrogens with one attached hydrogen (secondary N) is 1. The zero-order valence-electron chi connectivity index (χ0n) is 26.1. The number of nitrogens with zero attached hydrogens (tertiary/aromatic N) is 2. The Morgan fingerprint density at radius 2 is 1.44 bits per heavy atom. The van der Waals surface area contributed by atoms with E-state index in [1.54, 1.807) is 61.5 Å². The number of sulfonamides is 1. The summed E-state index contributed by atoms with van der Waals surface area (Å²) in [6.45, 7) is 7.10. The number of aryl methyl sites for hydroxylation is 2. The summed E-state index contributed by atoms with van der Waals surface area (Å²) >= 11 is 0. The van der Waals surface area contributed by atoms with Crippen molar-refractivity contribution in [3.05, 3.63) is 131 Å². The molecule has 1 unspecified atom stereocenters. The number of hydrogen-bond donors (Lipinski definition) is 1. The van der Waals surface area contributed by atoms with E-state index >= 15 is 4.39 Å². The minimum atomic E-state index is -4.22. The normalized spacial score (nSPS) is 12.0. The molecule has 1 N–H and O–H groups in total. The van der Waals surface area contributed by atoms with Crippen LogP contribution in [-0.4, -0.2) is 44.3 Å². The van der Waals surface area contributed by atoms with Gasteiger partial charge in [-0.15, -0.1) is 0 Å². The van der Waals surface area contributed by atoms with E-state index in [1.807, 2.05) is 51.1 Å². The Kier molecular flexibility index (Phi) is 11.1.